The van der Waals surface area contributed by atoms with Crippen LogP contribution < -0.4 is 10.4 Å². The molecule has 0 unspecified atom stereocenters. The highest BCUT2D eigenvalue weighted by molar-refractivity contribution is 9.11. The normalized spacial score (nSPS) is 12.2. The summed E-state index contributed by atoms with van der Waals surface area (Å²) < 4.78 is 6.27. The minimum absolute atomic E-state index is 0.125. The summed E-state index contributed by atoms with van der Waals surface area (Å²) in [6, 6.07) is 17.1. The van der Waals surface area contributed by atoms with Gasteiger partial charge in [0.2, 0.25) is 4.80 Å². The maximum absolute atomic E-state index is 13.4. The number of hydrogen-bond donors (Lipinski definition) is 1. The third-order valence-electron chi connectivity index (χ3n) is 5.55. The Balaban J connectivity index is 1.68. The van der Waals surface area contributed by atoms with Crippen LogP contribution in [0, 0.1) is 6.92 Å². The van der Waals surface area contributed by atoms with E-state index in [1.165, 1.54) is 11.3 Å². The second-order valence-electron chi connectivity index (χ2n) is 7.79. The van der Waals surface area contributed by atoms with Crippen molar-refractivity contribution in [3.63, 3.8) is 0 Å². The molecule has 1 N–H and O–H groups in total. The summed E-state index contributed by atoms with van der Waals surface area (Å²) in [5.74, 6) is 0.125. The summed E-state index contributed by atoms with van der Waals surface area (Å²) in [4.78, 5) is 19.8. The molecule has 0 atom stereocenters. The van der Waals surface area contributed by atoms with Gasteiger partial charge in [-0.25, -0.2) is 14.4 Å². The number of aromatic hydroxyl groups is 1. The average molecular weight is 645 g/mol. The first-order valence-electron chi connectivity index (χ1n) is 10.7. The summed E-state index contributed by atoms with van der Waals surface area (Å²) in [6.45, 7) is 1.88. The highest BCUT2D eigenvalue weighted by Gasteiger charge is 2.17. The molecule has 0 fully saturated rings. The van der Waals surface area contributed by atoms with Gasteiger partial charge in [0, 0.05) is 12.4 Å². The van der Waals surface area contributed by atoms with E-state index < -0.39 is 0 Å². The predicted octanol–water partition coefficient (Wildman–Crippen LogP) is 6.42. The van der Waals surface area contributed by atoms with Crippen LogP contribution in [-0.2, 0) is 7.05 Å². The Labute approximate surface area is 231 Å². The molecule has 0 saturated carbocycles. The third kappa shape index (κ3) is 4.59. The summed E-state index contributed by atoms with van der Waals surface area (Å²) >= 11 is 9.74. The van der Waals surface area contributed by atoms with Crippen LogP contribution in [0.15, 0.2) is 89.2 Å². The van der Waals surface area contributed by atoms with Crippen molar-refractivity contribution in [3.05, 3.63) is 101 Å². The van der Waals surface area contributed by atoms with Gasteiger partial charge in [0.25, 0.3) is 5.56 Å². The molecule has 5 rings (SSSR count). The number of thiazole rings is 1. The van der Waals surface area contributed by atoms with Crippen LogP contribution in [0.2, 0.25) is 0 Å². The standard InChI is InChI=1S/C25H19Br2N5O2S2/c1-15-22(24(34)32(30(15)2)17-7-4-3-5-8-17)29-25-31(20(14-36-25)21-9-6-10-35-21)28-13-16-11-18(26)23(33)19(27)12-16/h3-14,33H,1-2H3. The van der Waals surface area contributed by atoms with E-state index in [2.05, 4.69) is 31.9 Å². The lowest BCUT2D eigenvalue weighted by Gasteiger charge is -2.07. The molecule has 36 heavy (non-hydrogen) atoms. The highest BCUT2D eigenvalue weighted by Crippen LogP contribution is 2.33. The zero-order valence-electron chi connectivity index (χ0n) is 19.1. The van der Waals surface area contributed by atoms with Crippen LogP contribution in [0.4, 0.5) is 5.69 Å². The third-order valence-corrected chi connectivity index (χ3v) is 8.47. The van der Waals surface area contributed by atoms with Crippen molar-refractivity contribution in [1.82, 2.24) is 14.0 Å². The number of nitrogens with zero attached hydrogens (tertiary/aromatic N) is 5. The predicted molar refractivity (Wildman–Crippen MR) is 153 cm³/mol. The number of phenolic OH excluding ortho intramolecular Hbond substituents is 1. The van der Waals surface area contributed by atoms with Crippen LogP contribution in [0.5, 0.6) is 5.75 Å². The first-order valence-corrected chi connectivity index (χ1v) is 14.0. The molecule has 2 aromatic carbocycles. The molecule has 0 aliphatic carbocycles. The zero-order chi connectivity index (χ0) is 25.4. The van der Waals surface area contributed by atoms with Gasteiger partial charge in [-0.1, -0.05) is 24.3 Å². The fraction of sp³-hybridized carbons (Fsp3) is 0.0800. The Morgan fingerprint density at radius 1 is 1.03 bits per heavy atom. The molecule has 182 valence electrons. The van der Waals surface area contributed by atoms with E-state index in [4.69, 9.17) is 10.1 Å². The van der Waals surface area contributed by atoms with Crippen LogP contribution in [0.25, 0.3) is 16.3 Å². The topological polar surface area (TPSA) is 76.8 Å². The van der Waals surface area contributed by atoms with Gasteiger partial charge < -0.3 is 5.11 Å². The van der Waals surface area contributed by atoms with Crippen LogP contribution in [0.3, 0.4) is 0 Å². The second kappa shape index (κ2) is 10.2. The van der Waals surface area contributed by atoms with Gasteiger partial charge in [0.15, 0.2) is 5.69 Å². The minimum atomic E-state index is -0.200. The van der Waals surface area contributed by atoms with Crippen molar-refractivity contribution in [2.75, 3.05) is 0 Å². The van der Waals surface area contributed by atoms with Crippen molar-refractivity contribution < 1.29 is 5.11 Å². The Hall–Kier alpha value is -2.99. The van der Waals surface area contributed by atoms with E-state index in [1.54, 1.807) is 39.0 Å². The summed E-state index contributed by atoms with van der Waals surface area (Å²) in [6.07, 6.45) is 1.69. The summed E-state index contributed by atoms with van der Waals surface area (Å²) in [5, 5.41) is 18.7. The Kier molecular flexibility index (Phi) is 6.98. The van der Waals surface area contributed by atoms with Crippen LogP contribution >= 0.6 is 54.5 Å². The molecule has 5 aromatic rings. The first-order chi connectivity index (χ1) is 17.3. The van der Waals surface area contributed by atoms with E-state index in [0.717, 1.165) is 27.5 Å². The number of benzene rings is 2. The van der Waals surface area contributed by atoms with Crippen LogP contribution in [-0.4, -0.2) is 25.4 Å². The van der Waals surface area contributed by atoms with Gasteiger partial charge in [0.05, 0.1) is 37.1 Å². The number of thiophene rings is 1. The maximum Gasteiger partial charge on any atom is 0.297 e. The highest BCUT2D eigenvalue weighted by atomic mass is 79.9. The molecular weight excluding hydrogens is 626 g/mol. The van der Waals surface area contributed by atoms with Gasteiger partial charge in [-0.15, -0.1) is 22.7 Å². The fourth-order valence-electron chi connectivity index (χ4n) is 3.65. The Bertz CT molecular complexity index is 1690. The quantitative estimate of drug-likeness (QED) is 0.224. The molecule has 3 aromatic heterocycles. The van der Waals surface area contributed by atoms with Crippen LogP contribution in [0.1, 0.15) is 11.3 Å². The number of phenols is 1. The van der Waals surface area contributed by atoms with E-state index >= 15 is 0 Å². The number of aromatic nitrogens is 3. The summed E-state index contributed by atoms with van der Waals surface area (Å²) in [5.41, 5.74) is 3.33. The molecule has 0 bridgehead atoms. The molecule has 11 heteroatoms. The maximum atomic E-state index is 13.4. The molecule has 0 spiro atoms. The van der Waals surface area contributed by atoms with Crippen molar-refractivity contribution in [1.29, 1.82) is 0 Å². The number of para-hydroxylation sites is 1. The van der Waals surface area contributed by atoms with Crippen molar-refractivity contribution in [2.45, 2.75) is 6.92 Å². The lowest BCUT2D eigenvalue weighted by atomic mass is 10.2. The summed E-state index contributed by atoms with van der Waals surface area (Å²) in [7, 11) is 1.85. The molecule has 0 aliphatic rings. The van der Waals surface area contributed by atoms with Crippen molar-refractivity contribution in [3.8, 4) is 22.0 Å². The Morgan fingerprint density at radius 2 is 1.75 bits per heavy atom. The fourth-order valence-corrected chi connectivity index (χ4v) is 6.50. The molecule has 3 heterocycles. The van der Waals surface area contributed by atoms with E-state index in [-0.39, 0.29) is 11.3 Å². The van der Waals surface area contributed by atoms with Gasteiger partial charge in [-0.05, 0) is 80.1 Å². The molecule has 0 aliphatic heterocycles. The Morgan fingerprint density at radius 3 is 2.42 bits per heavy atom. The van der Waals surface area contributed by atoms with Gasteiger partial charge in [0.1, 0.15) is 5.75 Å². The smallest absolute Gasteiger partial charge is 0.297 e. The molecule has 0 radical (unpaired) electrons. The number of halogens is 2. The van der Waals surface area contributed by atoms with Crippen molar-refractivity contribution in [2.24, 2.45) is 17.1 Å². The monoisotopic (exact) mass is 643 g/mol. The van der Waals surface area contributed by atoms with Crippen molar-refractivity contribution >= 4 is 66.4 Å². The van der Waals surface area contributed by atoms with E-state index in [1.807, 2.05) is 71.9 Å². The number of hydrogen-bond acceptors (Lipinski definition) is 6. The average Bonchev–Trinajstić information content (AvgIpc) is 3.58. The number of rotatable bonds is 5. The molecule has 7 nitrogen and oxygen atoms in total. The molecule has 0 saturated heterocycles. The second-order valence-corrected chi connectivity index (χ2v) is 11.3. The van der Waals surface area contributed by atoms with Gasteiger partial charge in [-0.2, -0.15) is 5.10 Å². The van der Waals surface area contributed by atoms with Gasteiger partial charge >= 0.3 is 0 Å². The minimum Gasteiger partial charge on any atom is -0.506 e. The SMILES string of the molecule is Cc1c(N=c2scc(-c3cccs3)n2N=Cc2cc(Br)c(O)c(Br)c2)c(=O)n(-c2ccccc2)n1C. The van der Waals surface area contributed by atoms with Gasteiger partial charge in [-0.3, -0.25) is 9.48 Å². The molecule has 0 amide bonds. The van der Waals surface area contributed by atoms with E-state index in [9.17, 15) is 9.90 Å². The first kappa shape index (κ1) is 24.7. The zero-order valence-corrected chi connectivity index (χ0v) is 23.9. The lowest BCUT2D eigenvalue weighted by molar-refractivity contribution is 0.468. The van der Waals surface area contributed by atoms with E-state index in [0.29, 0.717) is 19.4 Å². The lowest BCUT2D eigenvalue weighted by Crippen LogP contribution is -2.19. The molecular formula is C25H19Br2N5O2S2. The largest absolute Gasteiger partial charge is 0.506 e.